The van der Waals surface area contributed by atoms with Crippen LogP contribution in [0.15, 0.2) is 0 Å². The summed E-state index contributed by atoms with van der Waals surface area (Å²) in [5.41, 5.74) is 0. The molecule has 0 aliphatic carbocycles. The highest BCUT2D eigenvalue weighted by Gasteiger charge is 2.22. The zero-order chi connectivity index (χ0) is 15.9. The second-order valence-corrected chi connectivity index (χ2v) is 6.42. The molecule has 0 rings (SSSR count). The number of Topliss-reactive ketones (excluding diaryl/α,β-unsaturated/α-hetero) is 1. The van der Waals surface area contributed by atoms with Crippen molar-refractivity contribution in [3.63, 3.8) is 0 Å². The van der Waals surface area contributed by atoms with Gasteiger partial charge in [-0.3, -0.25) is 4.79 Å². The van der Waals surface area contributed by atoms with Gasteiger partial charge < -0.3 is 5.11 Å². The van der Waals surface area contributed by atoms with Crippen molar-refractivity contribution in [3.8, 4) is 0 Å². The van der Waals surface area contributed by atoms with Crippen LogP contribution in [0.3, 0.4) is 0 Å². The van der Waals surface area contributed by atoms with E-state index in [1.807, 2.05) is 13.8 Å². The van der Waals surface area contributed by atoms with Crippen LogP contribution in [0.1, 0.15) is 104 Å². The highest BCUT2D eigenvalue weighted by molar-refractivity contribution is 5.83. The Bertz CT molecular complexity index is 234. The number of ketones is 1. The largest absolute Gasteiger partial charge is 0.385 e. The third kappa shape index (κ3) is 10.9. The Kier molecular flexibility index (Phi) is 14.3. The first-order chi connectivity index (χ1) is 10.2. The van der Waals surface area contributed by atoms with E-state index >= 15 is 0 Å². The van der Waals surface area contributed by atoms with Crippen LogP contribution >= 0.6 is 0 Å². The summed E-state index contributed by atoms with van der Waals surface area (Å²) in [7, 11) is 0. The zero-order valence-corrected chi connectivity index (χ0v) is 14.7. The minimum Gasteiger partial charge on any atom is -0.385 e. The maximum atomic E-state index is 11.9. The van der Waals surface area contributed by atoms with E-state index in [0.717, 1.165) is 25.7 Å². The van der Waals surface area contributed by atoms with E-state index in [1.165, 1.54) is 51.4 Å². The van der Waals surface area contributed by atoms with Gasteiger partial charge in [0.05, 0.1) is 0 Å². The number of hydrogen-bond donors (Lipinski definition) is 1. The fourth-order valence-electron chi connectivity index (χ4n) is 2.93. The van der Waals surface area contributed by atoms with E-state index in [9.17, 15) is 9.90 Å². The molecule has 2 heteroatoms. The molecule has 0 saturated carbocycles. The SMILES string of the molecule is CCCCCCCCCCCCC(=O)C(O)C(CC)CC. The fourth-order valence-corrected chi connectivity index (χ4v) is 2.93. The van der Waals surface area contributed by atoms with Crippen molar-refractivity contribution in [1.82, 2.24) is 0 Å². The Morgan fingerprint density at radius 2 is 1.19 bits per heavy atom. The van der Waals surface area contributed by atoms with Gasteiger partial charge in [-0.2, -0.15) is 0 Å². The molecular weight excluding hydrogens is 260 g/mol. The number of aliphatic hydroxyl groups is 1. The van der Waals surface area contributed by atoms with Crippen LogP contribution in [-0.2, 0) is 4.79 Å². The molecule has 0 fully saturated rings. The molecule has 0 amide bonds. The first-order valence-corrected chi connectivity index (χ1v) is 9.38. The van der Waals surface area contributed by atoms with E-state index < -0.39 is 6.10 Å². The molecule has 0 aliphatic rings. The van der Waals surface area contributed by atoms with Gasteiger partial charge >= 0.3 is 0 Å². The summed E-state index contributed by atoms with van der Waals surface area (Å²) in [4.78, 5) is 11.9. The van der Waals surface area contributed by atoms with Gasteiger partial charge in [-0.15, -0.1) is 0 Å². The van der Waals surface area contributed by atoms with Crippen molar-refractivity contribution in [2.75, 3.05) is 0 Å². The molecule has 1 unspecified atom stereocenters. The molecule has 0 radical (unpaired) electrons. The summed E-state index contributed by atoms with van der Waals surface area (Å²) < 4.78 is 0. The third-order valence-corrected chi connectivity index (χ3v) is 4.60. The van der Waals surface area contributed by atoms with E-state index in [2.05, 4.69) is 6.92 Å². The number of carbonyl (C=O) groups is 1. The standard InChI is InChI=1S/C19H38O2/c1-4-7-8-9-10-11-12-13-14-15-16-18(20)19(21)17(5-2)6-3/h17,19,21H,4-16H2,1-3H3. The molecule has 0 saturated heterocycles. The fraction of sp³-hybridized carbons (Fsp3) is 0.947. The summed E-state index contributed by atoms with van der Waals surface area (Å²) >= 11 is 0. The molecule has 0 heterocycles. The monoisotopic (exact) mass is 298 g/mol. The molecule has 0 bridgehead atoms. The van der Waals surface area contributed by atoms with Crippen LogP contribution in [-0.4, -0.2) is 17.0 Å². The highest BCUT2D eigenvalue weighted by atomic mass is 16.3. The molecule has 1 N–H and O–H groups in total. The van der Waals surface area contributed by atoms with Gasteiger partial charge in [-0.1, -0.05) is 91.4 Å². The van der Waals surface area contributed by atoms with Crippen molar-refractivity contribution >= 4 is 5.78 Å². The van der Waals surface area contributed by atoms with Crippen molar-refractivity contribution < 1.29 is 9.90 Å². The van der Waals surface area contributed by atoms with Gasteiger partial charge in [0.25, 0.3) is 0 Å². The first kappa shape index (κ1) is 20.6. The number of carbonyl (C=O) groups excluding carboxylic acids is 1. The lowest BCUT2D eigenvalue weighted by Gasteiger charge is -2.18. The average molecular weight is 299 g/mol. The van der Waals surface area contributed by atoms with Crippen LogP contribution < -0.4 is 0 Å². The Morgan fingerprint density at radius 1 is 0.762 bits per heavy atom. The van der Waals surface area contributed by atoms with Crippen molar-refractivity contribution in [2.24, 2.45) is 5.92 Å². The second-order valence-electron chi connectivity index (χ2n) is 6.42. The van der Waals surface area contributed by atoms with Crippen LogP contribution in [0, 0.1) is 5.92 Å². The van der Waals surface area contributed by atoms with Gasteiger partial charge in [-0.25, -0.2) is 0 Å². The minimum absolute atomic E-state index is 0.0586. The van der Waals surface area contributed by atoms with E-state index in [-0.39, 0.29) is 11.7 Å². The molecule has 0 spiro atoms. The maximum absolute atomic E-state index is 11.9. The number of rotatable bonds is 15. The van der Waals surface area contributed by atoms with Gasteiger partial charge in [0.1, 0.15) is 6.10 Å². The van der Waals surface area contributed by atoms with E-state index in [4.69, 9.17) is 0 Å². The first-order valence-electron chi connectivity index (χ1n) is 9.38. The van der Waals surface area contributed by atoms with Crippen LogP contribution in [0.4, 0.5) is 0 Å². The molecule has 2 nitrogen and oxygen atoms in total. The summed E-state index contributed by atoms with van der Waals surface area (Å²) in [5.74, 6) is 0.212. The minimum atomic E-state index is -0.724. The van der Waals surface area contributed by atoms with E-state index in [1.54, 1.807) is 0 Å². The third-order valence-electron chi connectivity index (χ3n) is 4.60. The molecule has 0 aromatic rings. The second kappa shape index (κ2) is 14.6. The van der Waals surface area contributed by atoms with Crippen LogP contribution in [0.2, 0.25) is 0 Å². The summed E-state index contributed by atoms with van der Waals surface area (Å²) in [6, 6.07) is 0. The predicted octanol–water partition coefficient (Wildman–Crippen LogP) is 5.66. The van der Waals surface area contributed by atoms with Gasteiger partial charge in [0.2, 0.25) is 0 Å². The number of unbranched alkanes of at least 4 members (excludes halogenated alkanes) is 9. The highest BCUT2D eigenvalue weighted by Crippen LogP contribution is 2.17. The summed E-state index contributed by atoms with van der Waals surface area (Å²) in [5, 5.41) is 9.97. The lowest BCUT2D eigenvalue weighted by molar-refractivity contribution is -0.130. The summed E-state index contributed by atoms with van der Waals surface area (Å²) in [6.45, 7) is 6.35. The number of hydrogen-bond acceptors (Lipinski definition) is 2. The van der Waals surface area contributed by atoms with Gasteiger partial charge in [0.15, 0.2) is 5.78 Å². The topological polar surface area (TPSA) is 37.3 Å². The molecule has 1 atom stereocenters. The molecule has 21 heavy (non-hydrogen) atoms. The normalized spacial score (nSPS) is 12.8. The summed E-state index contributed by atoms with van der Waals surface area (Å²) in [6.07, 6.45) is 14.4. The molecule has 0 aromatic heterocycles. The molecule has 126 valence electrons. The van der Waals surface area contributed by atoms with Crippen LogP contribution in [0.5, 0.6) is 0 Å². The molecule has 0 aromatic carbocycles. The van der Waals surface area contributed by atoms with Gasteiger partial charge in [-0.05, 0) is 12.3 Å². The quantitative estimate of drug-likeness (QED) is 0.396. The lowest BCUT2D eigenvalue weighted by atomic mass is 9.91. The van der Waals surface area contributed by atoms with Crippen LogP contribution in [0.25, 0.3) is 0 Å². The van der Waals surface area contributed by atoms with Crippen molar-refractivity contribution in [2.45, 2.75) is 110 Å². The zero-order valence-electron chi connectivity index (χ0n) is 14.7. The lowest BCUT2D eigenvalue weighted by Crippen LogP contribution is -2.28. The van der Waals surface area contributed by atoms with E-state index in [0.29, 0.717) is 6.42 Å². The Balaban J connectivity index is 3.44. The predicted molar refractivity (Wildman–Crippen MR) is 91.5 cm³/mol. The number of aliphatic hydroxyl groups excluding tert-OH is 1. The molecule has 0 aliphatic heterocycles. The average Bonchev–Trinajstić information content (AvgIpc) is 2.50. The molecular formula is C19H38O2. The Labute approximate surface area is 132 Å². The smallest absolute Gasteiger partial charge is 0.161 e. The van der Waals surface area contributed by atoms with Crippen molar-refractivity contribution in [3.05, 3.63) is 0 Å². The maximum Gasteiger partial charge on any atom is 0.161 e. The van der Waals surface area contributed by atoms with Gasteiger partial charge in [0, 0.05) is 6.42 Å². The van der Waals surface area contributed by atoms with Crippen molar-refractivity contribution in [1.29, 1.82) is 0 Å². The Hall–Kier alpha value is -0.370. The Morgan fingerprint density at radius 3 is 1.62 bits per heavy atom.